The molecule has 0 aliphatic heterocycles. The summed E-state index contributed by atoms with van der Waals surface area (Å²) in [6.45, 7) is 1.40. The fourth-order valence-electron chi connectivity index (χ4n) is 4.66. The smallest absolute Gasteiger partial charge is 0.349 e. The number of hydrogen-bond donors (Lipinski definition) is 1. The summed E-state index contributed by atoms with van der Waals surface area (Å²) in [5.41, 5.74) is -3.17. The number of rotatable bonds is 5. The summed E-state index contributed by atoms with van der Waals surface area (Å²) in [5.74, 6) is -0.394. The molecule has 3 nitrogen and oxygen atoms in total. The van der Waals surface area contributed by atoms with Gasteiger partial charge in [-0.25, -0.2) is 0 Å². The van der Waals surface area contributed by atoms with E-state index in [0.717, 1.165) is 18.4 Å². The van der Waals surface area contributed by atoms with Crippen molar-refractivity contribution in [3.05, 3.63) is 70.8 Å². The molecule has 1 amide bonds. The van der Waals surface area contributed by atoms with Gasteiger partial charge in [-0.15, -0.1) is 0 Å². The molecule has 0 radical (unpaired) electrons. The lowest BCUT2D eigenvalue weighted by Gasteiger charge is -2.41. The third kappa shape index (κ3) is 5.56. The van der Waals surface area contributed by atoms with Crippen molar-refractivity contribution in [1.82, 2.24) is 10.2 Å². The Labute approximate surface area is 195 Å². The number of halogens is 6. The molecule has 1 atom stereocenters. The van der Waals surface area contributed by atoms with E-state index in [1.54, 1.807) is 0 Å². The third-order valence-corrected chi connectivity index (χ3v) is 6.76. The molecule has 0 saturated heterocycles. The molecule has 2 aromatic rings. The SMILES string of the molecule is CC(NC(=O)[C@]1(c2ccccc2)CC[C@@H](N(C)C)CC1)c1cc(C(F)(F)F)cc(C(F)(F)F)c1. The summed E-state index contributed by atoms with van der Waals surface area (Å²) in [5, 5.41) is 2.72. The highest BCUT2D eigenvalue weighted by Crippen LogP contribution is 2.42. The van der Waals surface area contributed by atoms with Gasteiger partial charge in [-0.2, -0.15) is 26.3 Å². The lowest BCUT2D eigenvalue weighted by molar-refractivity contribution is -0.143. The third-order valence-electron chi connectivity index (χ3n) is 6.76. The first-order valence-electron chi connectivity index (χ1n) is 11.1. The van der Waals surface area contributed by atoms with E-state index in [9.17, 15) is 31.1 Å². The number of carbonyl (C=O) groups excluding carboxylic acids is 1. The Morgan fingerprint density at radius 2 is 1.44 bits per heavy atom. The monoisotopic (exact) mass is 486 g/mol. The van der Waals surface area contributed by atoms with Gasteiger partial charge in [0.05, 0.1) is 22.6 Å². The summed E-state index contributed by atoms with van der Waals surface area (Å²) in [6.07, 6.45) is -7.37. The van der Waals surface area contributed by atoms with E-state index in [-0.39, 0.29) is 11.6 Å². The topological polar surface area (TPSA) is 32.3 Å². The van der Waals surface area contributed by atoms with Gasteiger partial charge in [0.25, 0.3) is 0 Å². The number of carbonyl (C=O) groups is 1. The highest BCUT2D eigenvalue weighted by Gasteiger charge is 2.44. The van der Waals surface area contributed by atoms with Crippen molar-refractivity contribution in [2.75, 3.05) is 14.1 Å². The lowest BCUT2D eigenvalue weighted by atomic mass is 9.67. The van der Waals surface area contributed by atoms with Gasteiger partial charge >= 0.3 is 12.4 Å². The minimum atomic E-state index is -4.95. The van der Waals surface area contributed by atoms with E-state index in [0.29, 0.717) is 31.0 Å². The molecule has 0 spiro atoms. The number of alkyl halides is 6. The van der Waals surface area contributed by atoms with E-state index in [1.165, 1.54) is 6.92 Å². The molecule has 186 valence electrons. The van der Waals surface area contributed by atoms with Crippen LogP contribution in [0.2, 0.25) is 0 Å². The first kappa shape index (κ1) is 26.1. The van der Waals surface area contributed by atoms with Crippen LogP contribution in [-0.2, 0) is 22.6 Å². The van der Waals surface area contributed by atoms with E-state index in [1.807, 2.05) is 44.4 Å². The summed E-state index contributed by atoms with van der Waals surface area (Å²) in [6, 6.07) is 9.79. The quantitative estimate of drug-likeness (QED) is 0.500. The van der Waals surface area contributed by atoms with Gasteiger partial charge in [-0.1, -0.05) is 30.3 Å². The Morgan fingerprint density at radius 1 is 0.941 bits per heavy atom. The molecule has 1 unspecified atom stereocenters. The summed E-state index contributed by atoms with van der Waals surface area (Å²) < 4.78 is 79.7. The van der Waals surface area contributed by atoms with Crippen LogP contribution in [0.15, 0.2) is 48.5 Å². The first-order valence-corrected chi connectivity index (χ1v) is 11.1. The minimum absolute atomic E-state index is 0.0893. The Balaban J connectivity index is 1.93. The van der Waals surface area contributed by atoms with Crippen LogP contribution in [0.5, 0.6) is 0 Å². The zero-order chi connectivity index (χ0) is 25.3. The van der Waals surface area contributed by atoms with E-state index >= 15 is 0 Å². The second kappa shape index (κ2) is 9.60. The zero-order valence-corrected chi connectivity index (χ0v) is 19.2. The first-order chi connectivity index (χ1) is 15.7. The van der Waals surface area contributed by atoms with Crippen LogP contribution in [0.1, 0.15) is 60.9 Å². The highest BCUT2D eigenvalue weighted by atomic mass is 19.4. The zero-order valence-electron chi connectivity index (χ0n) is 19.2. The molecule has 1 fully saturated rings. The van der Waals surface area contributed by atoms with Crippen LogP contribution in [0.4, 0.5) is 26.3 Å². The second-order valence-corrected chi connectivity index (χ2v) is 9.18. The maximum atomic E-state index is 13.6. The molecule has 1 saturated carbocycles. The molecule has 34 heavy (non-hydrogen) atoms. The van der Waals surface area contributed by atoms with Crippen molar-refractivity contribution < 1.29 is 31.1 Å². The van der Waals surface area contributed by atoms with Crippen molar-refractivity contribution in [3.63, 3.8) is 0 Å². The Hall–Kier alpha value is -2.55. The normalized spacial score (nSPS) is 22.5. The second-order valence-electron chi connectivity index (χ2n) is 9.18. The van der Waals surface area contributed by atoms with Gasteiger partial charge in [-0.3, -0.25) is 4.79 Å². The van der Waals surface area contributed by atoms with E-state index in [4.69, 9.17) is 0 Å². The van der Waals surface area contributed by atoms with Crippen LogP contribution in [-0.4, -0.2) is 30.9 Å². The fraction of sp³-hybridized carbons (Fsp3) is 0.480. The van der Waals surface area contributed by atoms with Gasteiger partial charge in [-0.05, 0) is 76.0 Å². The largest absolute Gasteiger partial charge is 0.416 e. The molecule has 3 rings (SSSR count). The molecular formula is C25H28F6N2O. The van der Waals surface area contributed by atoms with Crippen molar-refractivity contribution in [2.45, 2.75) is 62.5 Å². The number of nitrogens with zero attached hydrogens (tertiary/aromatic N) is 1. The molecule has 0 bridgehead atoms. The van der Waals surface area contributed by atoms with Crippen LogP contribution < -0.4 is 5.32 Å². The van der Waals surface area contributed by atoms with Gasteiger partial charge in [0.15, 0.2) is 0 Å². The predicted octanol–water partition coefficient (Wildman–Crippen LogP) is 6.34. The van der Waals surface area contributed by atoms with E-state index < -0.39 is 40.8 Å². The maximum Gasteiger partial charge on any atom is 0.416 e. The molecule has 1 aliphatic rings. The van der Waals surface area contributed by atoms with Gasteiger partial charge in [0, 0.05) is 6.04 Å². The highest BCUT2D eigenvalue weighted by molar-refractivity contribution is 5.88. The number of amides is 1. The Bertz CT molecular complexity index is 960. The average Bonchev–Trinajstić information content (AvgIpc) is 2.78. The minimum Gasteiger partial charge on any atom is -0.349 e. The average molecular weight is 487 g/mol. The summed E-state index contributed by atoms with van der Waals surface area (Å²) >= 11 is 0. The fourth-order valence-corrected chi connectivity index (χ4v) is 4.66. The van der Waals surface area contributed by atoms with Crippen LogP contribution in [0.25, 0.3) is 0 Å². The number of hydrogen-bond acceptors (Lipinski definition) is 2. The molecule has 0 aromatic heterocycles. The molecule has 0 heterocycles. The molecule has 2 aromatic carbocycles. The van der Waals surface area contributed by atoms with Crippen molar-refractivity contribution in [2.24, 2.45) is 0 Å². The van der Waals surface area contributed by atoms with Crippen molar-refractivity contribution in [1.29, 1.82) is 0 Å². The van der Waals surface area contributed by atoms with Crippen molar-refractivity contribution >= 4 is 5.91 Å². The molecule has 1 aliphatic carbocycles. The van der Waals surface area contributed by atoms with Crippen LogP contribution >= 0.6 is 0 Å². The van der Waals surface area contributed by atoms with Crippen LogP contribution in [0.3, 0.4) is 0 Å². The van der Waals surface area contributed by atoms with Gasteiger partial charge < -0.3 is 10.2 Å². The Morgan fingerprint density at radius 3 is 1.88 bits per heavy atom. The van der Waals surface area contributed by atoms with E-state index in [2.05, 4.69) is 10.2 Å². The summed E-state index contributed by atoms with van der Waals surface area (Å²) in [4.78, 5) is 15.7. The van der Waals surface area contributed by atoms with Gasteiger partial charge in [0.1, 0.15) is 0 Å². The molecular weight excluding hydrogens is 458 g/mol. The Kier molecular flexibility index (Phi) is 7.36. The lowest BCUT2D eigenvalue weighted by Crippen LogP contribution is -2.49. The molecule has 1 N–H and O–H groups in total. The predicted molar refractivity (Wildman–Crippen MR) is 117 cm³/mol. The molecule has 9 heteroatoms. The number of benzene rings is 2. The van der Waals surface area contributed by atoms with Crippen molar-refractivity contribution in [3.8, 4) is 0 Å². The van der Waals surface area contributed by atoms with Crippen LogP contribution in [0, 0.1) is 0 Å². The van der Waals surface area contributed by atoms with Gasteiger partial charge in [0.2, 0.25) is 5.91 Å². The maximum absolute atomic E-state index is 13.6. The summed E-state index contributed by atoms with van der Waals surface area (Å²) in [7, 11) is 3.93. The standard InChI is InChI=1S/C25H28F6N2O/c1-16(17-13-19(24(26,27)28)15-20(14-17)25(29,30)31)32-22(34)23(18-7-5-4-6-8-18)11-9-21(10-12-23)33(2)3/h4-8,13-16,21H,9-12H2,1-3H3,(H,32,34)/t16?,21-,23-. The number of nitrogens with one attached hydrogen (secondary N) is 1.